The molecule has 0 aromatic carbocycles. The summed E-state index contributed by atoms with van der Waals surface area (Å²) in [7, 11) is 0. The highest BCUT2D eigenvalue weighted by molar-refractivity contribution is 5.92. The molecule has 1 unspecified atom stereocenters. The van der Waals surface area contributed by atoms with E-state index in [2.05, 4.69) is 25.4 Å². The van der Waals surface area contributed by atoms with Gasteiger partial charge in [0.05, 0.1) is 5.92 Å². The lowest BCUT2D eigenvalue weighted by Gasteiger charge is -2.42. The van der Waals surface area contributed by atoms with Gasteiger partial charge in [-0.3, -0.25) is 19.5 Å². The molecule has 0 saturated carbocycles. The molecule has 1 N–H and O–H groups in total. The summed E-state index contributed by atoms with van der Waals surface area (Å²) >= 11 is 0. The van der Waals surface area contributed by atoms with Crippen LogP contribution in [-0.2, 0) is 11.3 Å². The highest BCUT2D eigenvalue weighted by Crippen LogP contribution is 2.24. The summed E-state index contributed by atoms with van der Waals surface area (Å²) in [6, 6.07) is 7.72. The van der Waals surface area contributed by atoms with E-state index in [-0.39, 0.29) is 17.7 Å². The molecule has 0 radical (unpaired) electrons. The largest absolute Gasteiger partial charge is 0.352 e. The Morgan fingerprint density at radius 2 is 1.90 bits per heavy atom. The maximum atomic E-state index is 12.7. The van der Waals surface area contributed by atoms with Crippen LogP contribution in [0.3, 0.4) is 0 Å². The zero-order valence-corrected chi connectivity index (χ0v) is 17.1. The Kier molecular flexibility index (Phi) is 6.63. The standard InChI is InChI=1S/C22H28N6O2/c29-21(24-15-17-4-1-9-23-14-17)18-5-3-11-28(16-18)19-7-12-27(13-8-19)22(30)20-6-2-10-25-26-20/h1-2,4,6,9-10,14,18-19H,3,5,7-8,11-13,15-16H2,(H,24,29). The normalized spacial score (nSPS) is 20.7. The van der Waals surface area contributed by atoms with Gasteiger partial charge >= 0.3 is 0 Å². The number of likely N-dealkylation sites (tertiary alicyclic amines) is 2. The van der Waals surface area contributed by atoms with Gasteiger partial charge in [-0.15, -0.1) is 5.10 Å². The molecule has 0 spiro atoms. The zero-order valence-electron chi connectivity index (χ0n) is 17.1. The molecule has 2 saturated heterocycles. The number of piperidine rings is 2. The van der Waals surface area contributed by atoms with Crippen molar-refractivity contribution in [3.63, 3.8) is 0 Å². The third-order valence-corrected chi connectivity index (χ3v) is 6.07. The van der Waals surface area contributed by atoms with E-state index in [1.165, 1.54) is 0 Å². The monoisotopic (exact) mass is 408 g/mol. The SMILES string of the molecule is O=C(NCc1cccnc1)C1CCCN(C2CCN(C(=O)c3cccnn3)CC2)C1. The Morgan fingerprint density at radius 1 is 1.07 bits per heavy atom. The molecule has 8 nitrogen and oxygen atoms in total. The molecule has 0 bridgehead atoms. The third-order valence-electron chi connectivity index (χ3n) is 6.07. The molecule has 2 aromatic heterocycles. The minimum Gasteiger partial charge on any atom is -0.352 e. The number of amides is 2. The van der Waals surface area contributed by atoms with Crippen molar-refractivity contribution in [2.45, 2.75) is 38.3 Å². The van der Waals surface area contributed by atoms with Crippen LogP contribution in [-0.4, -0.2) is 69.0 Å². The summed E-state index contributed by atoms with van der Waals surface area (Å²) in [4.78, 5) is 33.6. The number of nitrogens with one attached hydrogen (secondary N) is 1. The molecular weight excluding hydrogens is 380 g/mol. The number of pyridine rings is 1. The molecule has 2 aromatic rings. The molecule has 2 aliphatic heterocycles. The van der Waals surface area contributed by atoms with Gasteiger partial charge in [0, 0.05) is 50.8 Å². The number of hydrogen-bond acceptors (Lipinski definition) is 6. The summed E-state index contributed by atoms with van der Waals surface area (Å²) in [5, 5.41) is 10.8. The fourth-order valence-electron chi connectivity index (χ4n) is 4.40. The van der Waals surface area contributed by atoms with Crippen LogP contribution >= 0.6 is 0 Å². The van der Waals surface area contributed by atoms with E-state index in [0.717, 1.165) is 44.3 Å². The van der Waals surface area contributed by atoms with E-state index in [1.54, 1.807) is 30.7 Å². The van der Waals surface area contributed by atoms with Crippen molar-refractivity contribution in [2.75, 3.05) is 26.2 Å². The van der Waals surface area contributed by atoms with Crippen LogP contribution in [0.4, 0.5) is 0 Å². The predicted molar refractivity (Wildman–Crippen MR) is 111 cm³/mol. The van der Waals surface area contributed by atoms with Gasteiger partial charge in [-0.25, -0.2) is 0 Å². The summed E-state index contributed by atoms with van der Waals surface area (Å²) < 4.78 is 0. The third kappa shape index (κ3) is 4.99. The number of nitrogens with zero attached hydrogens (tertiary/aromatic N) is 5. The second-order valence-corrected chi connectivity index (χ2v) is 8.05. The highest BCUT2D eigenvalue weighted by atomic mass is 16.2. The van der Waals surface area contributed by atoms with Gasteiger partial charge in [-0.05, 0) is 56.0 Å². The molecule has 2 aliphatic rings. The van der Waals surface area contributed by atoms with Crippen LogP contribution in [0.1, 0.15) is 41.7 Å². The molecule has 8 heteroatoms. The molecule has 0 aliphatic carbocycles. The second-order valence-electron chi connectivity index (χ2n) is 8.05. The Bertz CT molecular complexity index is 839. The van der Waals surface area contributed by atoms with Gasteiger partial charge < -0.3 is 10.2 Å². The van der Waals surface area contributed by atoms with Crippen molar-refractivity contribution < 1.29 is 9.59 Å². The number of rotatable bonds is 5. The smallest absolute Gasteiger partial charge is 0.274 e. The molecule has 4 heterocycles. The van der Waals surface area contributed by atoms with Crippen molar-refractivity contribution in [2.24, 2.45) is 5.92 Å². The maximum Gasteiger partial charge on any atom is 0.274 e. The molecule has 30 heavy (non-hydrogen) atoms. The quantitative estimate of drug-likeness (QED) is 0.806. The first kappa shape index (κ1) is 20.4. The van der Waals surface area contributed by atoms with Crippen LogP contribution in [0, 0.1) is 5.92 Å². The van der Waals surface area contributed by atoms with Crippen LogP contribution in [0.5, 0.6) is 0 Å². The maximum absolute atomic E-state index is 12.7. The van der Waals surface area contributed by atoms with Gasteiger partial charge in [0.15, 0.2) is 5.69 Å². The summed E-state index contributed by atoms with van der Waals surface area (Å²) in [6.07, 6.45) is 8.90. The zero-order chi connectivity index (χ0) is 20.8. The lowest BCUT2D eigenvalue weighted by Crippen LogP contribution is -2.51. The predicted octanol–water partition coefficient (Wildman–Crippen LogP) is 1.50. The molecule has 4 rings (SSSR count). The van der Waals surface area contributed by atoms with E-state index in [1.807, 2.05) is 17.0 Å². The van der Waals surface area contributed by atoms with Gasteiger partial charge in [-0.2, -0.15) is 5.10 Å². The number of aromatic nitrogens is 3. The van der Waals surface area contributed by atoms with Crippen molar-refractivity contribution in [1.82, 2.24) is 30.3 Å². The molecule has 2 amide bonds. The van der Waals surface area contributed by atoms with Gasteiger partial charge in [0.25, 0.3) is 5.91 Å². The topological polar surface area (TPSA) is 91.3 Å². The first-order valence-corrected chi connectivity index (χ1v) is 10.7. The first-order chi connectivity index (χ1) is 14.7. The van der Waals surface area contributed by atoms with E-state index in [4.69, 9.17) is 0 Å². The van der Waals surface area contributed by atoms with Crippen molar-refractivity contribution >= 4 is 11.8 Å². The van der Waals surface area contributed by atoms with Crippen molar-refractivity contribution in [1.29, 1.82) is 0 Å². The van der Waals surface area contributed by atoms with Gasteiger partial charge in [0.1, 0.15) is 0 Å². The first-order valence-electron chi connectivity index (χ1n) is 10.7. The Balaban J connectivity index is 1.26. The Labute approximate surface area is 176 Å². The van der Waals surface area contributed by atoms with Crippen LogP contribution < -0.4 is 5.32 Å². The summed E-state index contributed by atoms with van der Waals surface area (Å²) in [6.45, 7) is 3.77. The highest BCUT2D eigenvalue weighted by Gasteiger charge is 2.32. The molecule has 2 fully saturated rings. The fraction of sp³-hybridized carbons (Fsp3) is 0.500. The number of hydrogen-bond donors (Lipinski definition) is 1. The molecular formula is C22H28N6O2. The summed E-state index contributed by atoms with van der Waals surface area (Å²) in [5.41, 5.74) is 1.41. The molecule has 158 valence electrons. The van der Waals surface area contributed by atoms with E-state index >= 15 is 0 Å². The van der Waals surface area contributed by atoms with Crippen LogP contribution in [0.25, 0.3) is 0 Å². The van der Waals surface area contributed by atoms with E-state index in [9.17, 15) is 9.59 Å². The lowest BCUT2D eigenvalue weighted by atomic mass is 9.93. The second kappa shape index (κ2) is 9.75. The van der Waals surface area contributed by atoms with E-state index in [0.29, 0.717) is 31.4 Å². The van der Waals surface area contributed by atoms with Crippen molar-refractivity contribution in [3.05, 3.63) is 54.1 Å². The number of carbonyl (C=O) groups excluding carboxylic acids is 2. The minimum atomic E-state index is -0.0483. The Hall–Kier alpha value is -2.87. The van der Waals surface area contributed by atoms with Crippen LogP contribution in [0.15, 0.2) is 42.9 Å². The van der Waals surface area contributed by atoms with Gasteiger partial charge in [0.2, 0.25) is 5.91 Å². The summed E-state index contributed by atoms with van der Waals surface area (Å²) in [5.74, 6) is 0.0985. The fourth-order valence-corrected chi connectivity index (χ4v) is 4.40. The number of carbonyl (C=O) groups is 2. The Morgan fingerprint density at radius 3 is 2.63 bits per heavy atom. The van der Waals surface area contributed by atoms with Crippen molar-refractivity contribution in [3.8, 4) is 0 Å². The van der Waals surface area contributed by atoms with Gasteiger partial charge in [-0.1, -0.05) is 6.07 Å². The minimum absolute atomic E-state index is 0.0228. The van der Waals surface area contributed by atoms with Crippen LogP contribution in [0.2, 0.25) is 0 Å². The average molecular weight is 409 g/mol. The average Bonchev–Trinajstić information content (AvgIpc) is 2.83. The molecule has 1 atom stereocenters. The lowest BCUT2D eigenvalue weighted by molar-refractivity contribution is -0.127. The van der Waals surface area contributed by atoms with E-state index < -0.39 is 0 Å².